The largest absolute Gasteiger partial charge is 0.458 e. The number of likely N-dealkylation sites (tertiary alicyclic amines) is 1. The predicted molar refractivity (Wildman–Crippen MR) is 153 cm³/mol. The Hall–Kier alpha value is -4.20. The first-order chi connectivity index (χ1) is 19.6. The van der Waals surface area contributed by atoms with E-state index in [9.17, 15) is 18.8 Å². The molecule has 1 aliphatic heterocycles. The lowest BCUT2D eigenvalue weighted by molar-refractivity contribution is -0.163. The Kier molecular flexibility index (Phi) is 8.10. The molecule has 1 saturated heterocycles. The maximum Gasteiger partial charge on any atom is 0.407 e. The summed E-state index contributed by atoms with van der Waals surface area (Å²) in [5.41, 5.74) is 3.91. The Morgan fingerprint density at radius 1 is 0.951 bits per heavy atom. The third-order valence-corrected chi connectivity index (χ3v) is 7.53. The Morgan fingerprint density at radius 3 is 2.20 bits per heavy atom. The zero-order valence-corrected chi connectivity index (χ0v) is 23.6. The van der Waals surface area contributed by atoms with Crippen LogP contribution in [0.5, 0.6) is 0 Å². The highest BCUT2D eigenvalue weighted by Gasteiger charge is 2.40. The normalized spacial score (nSPS) is 17.0. The van der Waals surface area contributed by atoms with Crippen LogP contribution in [0.3, 0.4) is 0 Å². The van der Waals surface area contributed by atoms with Crippen LogP contribution >= 0.6 is 0 Å². The molecule has 0 spiro atoms. The minimum Gasteiger partial charge on any atom is -0.458 e. The number of hydrogen-bond acceptors (Lipinski definition) is 5. The van der Waals surface area contributed by atoms with Crippen molar-refractivity contribution in [2.24, 2.45) is 0 Å². The Bertz CT molecular complexity index is 1400. The van der Waals surface area contributed by atoms with Gasteiger partial charge in [-0.2, -0.15) is 0 Å². The number of rotatable bonds is 7. The minimum absolute atomic E-state index is 0.0741. The van der Waals surface area contributed by atoms with Gasteiger partial charge in [0.15, 0.2) is 0 Å². The van der Waals surface area contributed by atoms with Gasteiger partial charge in [0.1, 0.15) is 30.1 Å². The van der Waals surface area contributed by atoms with E-state index in [4.69, 9.17) is 9.47 Å². The highest BCUT2D eigenvalue weighted by Crippen LogP contribution is 2.44. The first-order valence-electron chi connectivity index (χ1n) is 14.0. The summed E-state index contributed by atoms with van der Waals surface area (Å²) >= 11 is 0. The van der Waals surface area contributed by atoms with E-state index in [2.05, 4.69) is 17.4 Å². The van der Waals surface area contributed by atoms with Gasteiger partial charge in [0, 0.05) is 18.9 Å². The number of hydrogen-bond donors (Lipinski definition) is 1. The number of nitrogens with zero attached hydrogens (tertiary/aromatic N) is 1. The quantitative estimate of drug-likeness (QED) is 0.381. The van der Waals surface area contributed by atoms with Gasteiger partial charge >= 0.3 is 12.1 Å². The summed E-state index contributed by atoms with van der Waals surface area (Å²) in [4.78, 5) is 41.3. The van der Waals surface area contributed by atoms with E-state index in [1.54, 1.807) is 39.0 Å². The molecule has 1 aliphatic carbocycles. The number of carbonyl (C=O) groups is 3. The maximum absolute atomic E-state index is 14.6. The van der Waals surface area contributed by atoms with Crippen molar-refractivity contribution in [3.8, 4) is 11.1 Å². The third kappa shape index (κ3) is 6.26. The molecule has 2 atom stereocenters. The van der Waals surface area contributed by atoms with E-state index >= 15 is 0 Å². The van der Waals surface area contributed by atoms with Crippen LogP contribution in [0.1, 0.15) is 56.2 Å². The van der Waals surface area contributed by atoms with Crippen LogP contribution in [0.25, 0.3) is 11.1 Å². The van der Waals surface area contributed by atoms with E-state index in [1.807, 2.05) is 36.4 Å². The summed E-state index contributed by atoms with van der Waals surface area (Å²) in [6.07, 6.45) is 0.202. The molecule has 1 heterocycles. The van der Waals surface area contributed by atoms with Crippen molar-refractivity contribution in [1.82, 2.24) is 10.2 Å². The molecule has 214 valence electrons. The van der Waals surface area contributed by atoms with Crippen molar-refractivity contribution in [1.29, 1.82) is 0 Å². The van der Waals surface area contributed by atoms with E-state index in [-0.39, 0.29) is 24.5 Å². The van der Waals surface area contributed by atoms with Crippen LogP contribution < -0.4 is 5.32 Å². The van der Waals surface area contributed by atoms with Crippen LogP contribution in [-0.4, -0.2) is 53.7 Å². The summed E-state index contributed by atoms with van der Waals surface area (Å²) in [6, 6.07) is 20.2. The molecule has 5 rings (SSSR count). The molecular formula is C33H35FN2O5. The summed E-state index contributed by atoms with van der Waals surface area (Å²) in [7, 11) is 0. The maximum atomic E-state index is 14.6. The minimum atomic E-state index is -1.13. The zero-order valence-electron chi connectivity index (χ0n) is 23.6. The van der Waals surface area contributed by atoms with Gasteiger partial charge in [0.25, 0.3) is 0 Å². The zero-order chi connectivity index (χ0) is 29.1. The molecular weight excluding hydrogens is 523 g/mol. The highest BCUT2D eigenvalue weighted by molar-refractivity contribution is 5.90. The standard InChI is InChI=1S/C33H35FN2O5/c1-33(2,3)41-31(38)29-17-10-18-36(29)30(37)28(19-21-11-4-9-16-27(21)34)35-32(39)40-20-26-24-14-7-5-12-22(24)23-13-6-8-15-25(23)26/h4-9,11-16,26,28-29H,10,17-20H2,1-3H3,(H,35,39)/t28-,29-/m0/s1. The number of nitrogens with one attached hydrogen (secondary N) is 1. The second-order valence-electron chi connectivity index (χ2n) is 11.5. The molecule has 1 fully saturated rings. The van der Waals surface area contributed by atoms with Gasteiger partial charge < -0.3 is 19.7 Å². The van der Waals surface area contributed by atoms with Gasteiger partial charge in [-0.1, -0.05) is 66.7 Å². The number of amides is 2. The van der Waals surface area contributed by atoms with Crippen LogP contribution in [0.2, 0.25) is 0 Å². The van der Waals surface area contributed by atoms with E-state index in [0.717, 1.165) is 22.3 Å². The van der Waals surface area contributed by atoms with E-state index in [1.165, 1.54) is 11.0 Å². The van der Waals surface area contributed by atoms with E-state index < -0.39 is 41.5 Å². The lowest BCUT2D eigenvalue weighted by atomic mass is 9.98. The summed E-state index contributed by atoms with van der Waals surface area (Å²) < 4.78 is 25.8. The lowest BCUT2D eigenvalue weighted by Crippen LogP contribution is -2.53. The Labute approximate surface area is 239 Å². The van der Waals surface area contributed by atoms with Crippen molar-refractivity contribution in [3.05, 3.63) is 95.3 Å². The predicted octanol–water partition coefficient (Wildman–Crippen LogP) is 5.61. The van der Waals surface area contributed by atoms with Gasteiger partial charge in [-0.15, -0.1) is 0 Å². The van der Waals surface area contributed by atoms with Crippen LogP contribution in [0.15, 0.2) is 72.8 Å². The molecule has 0 radical (unpaired) electrons. The molecule has 0 aromatic heterocycles. The molecule has 8 heteroatoms. The van der Waals surface area contributed by atoms with Gasteiger partial charge in [-0.05, 0) is 67.5 Å². The van der Waals surface area contributed by atoms with Crippen molar-refractivity contribution in [2.45, 2.75) is 63.6 Å². The second-order valence-corrected chi connectivity index (χ2v) is 11.5. The summed E-state index contributed by atoms with van der Waals surface area (Å²) in [6.45, 7) is 5.72. The van der Waals surface area contributed by atoms with Crippen LogP contribution in [0.4, 0.5) is 9.18 Å². The van der Waals surface area contributed by atoms with Gasteiger partial charge in [0.2, 0.25) is 5.91 Å². The van der Waals surface area contributed by atoms with Gasteiger partial charge in [-0.3, -0.25) is 4.79 Å². The fourth-order valence-electron chi connectivity index (χ4n) is 5.71. The van der Waals surface area contributed by atoms with Crippen molar-refractivity contribution < 1.29 is 28.2 Å². The highest BCUT2D eigenvalue weighted by atomic mass is 19.1. The lowest BCUT2D eigenvalue weighted by Gasteiger charge is -2.30. The molecule has 2 aliphatic rings. The molecule has 1 N–H and O–H groups in total. The second kappa shape index (κ2) is 11.7. The fraction of sp³-hybridized carbons (Fsp3) is 0.364. The first kappa shape index (κ1) is 28.3. The van der Waals surface area contributed by atoms with Gasteiger partial charge in [-0.25, -0.2) is 14.0 Å². The monoisotopic (exact) mass is 558 g/mol. The number of benzene rings is 3. The molecule has 0 bridgehead atoms. The molecule has 3 aromatic rings. The average Bonchev–Trinajstić information content (AvgIpc) is 3.55. The van der Waals surface area contributed by atoms with Crippen molar-refractivity contribution >= 4 is 18.0 Å². The molecule has 0 unspecified atom stereocenters. The van der Waals surface area contributed by atoms with Crippen LogP contribution in [-0.2, 0) is 25.5 Å². The topological polar surface area (TPSA) is 84.9 Å². The average molecular weight is 559 g/mol. The van der Waals surface area contributed by atoms with E-state index in [0.29, 0.717) is 19.4 Å². The molecule has 41 heavy (non-hydrogen) atoms. The smallest absolute Gasteiger partial charge is 0.407 e. The fourth-order valence-corrected chi connectivity index (χ4v) is 5.71. The number of esters is 1. The summed E-state index contributed by atoms with van der Waals surface area (Å²) in [5, 5.41) is 2.68. The first-order valence-corrected chi connectivity index (χ1v) is 14.0. The molecule has 7 nitrogen and oxygen atoms in total. The Morgan fingerprint density at radius 2 is 1.56 bits per heavy atom. The van der Waals surface area contributed by atoms with Crippen LogP contribution in [0, 0.1) is 5.82 Å². The van der Waals surface area contributed by atoms with Crippen molar-refractivity contribution in [2.75, 3.05) is 13.2 Å². The number of halogens is 1. The SMILES string of the molecule is CC(C)(C)OC(=O)[C@@H]1CCCN1C(=O)[C@H](Cc1ccccc1F)NC(=O)OCC1c2ccccc2-c2ccccc21. The molecule has 0 saturated carbocycles. The third-order valence-electron chi connectivity index (χ3n) is 7.53. The molecule has 2 amide bonds. The number of fused-ring (bicyclic) bond motifs is 3. The van der Waals surface area contributed by atoms with Gasteiger partial charge in [0.05, 0.1) is 0 Å². The number of alkyl carbamates (subject to hydrolysis) is 1. The van der Waals surface area contributed by atoms with Crippen molar-refractivity contribution in [3.63, 3.8) is 0 Å². The number of ether oxygens (including phenoxy) is 2. The molecule has 3 aromatic carbocycles. The Balaban J connectivity index is 1.33. The summed E-state index contributed by atoms with van der Waals surface area (Å²) in [5.74, 6) is -1.60. The number of carbonyl (C=O) groups excluding carboxylic acids is 3.